The zero-order valence-electron chi connectivity index (χ0n) is 18.3. The molecule has 31 heavy (non-hydrogen) atoms. The monoisotopic (exact) mass is 423 g/mol. The van der Waals surface area contributed by atoms with Crippen LogP contribution in [0.4, 0.5) is 0 Å². The Hall–Kier alpha value is -2.70. The zero-order valence-corrected chi connectivity index (χ0v) is 18.3. The highest BCUT2D eigenvalue weighted by atomic mass is 16.5. The number of nitrogens with zero attached hydrogens (tertiary/aromatic N) is 2. The lowest BCUT2D eigenvalue weighted by Crippen LogP contribution is -2.49. The first-order valence-corrected chi connectivity index (χ1v) is 11.1. The van der Waals surface area contributed by atoms with Crippen LogP contribution in [0, 0.1) is 0 Å². The SMILES string of the molecule is C[C@H](C(=O)NCCN1CCOCC1)N(Cc1ccccc1)C(=O)CCc1ccccc1. The zero-order chi connectivity index (χ0) is 21.9. The molecule has 2 aromatic rings. The molecule has 3 rings (SSSR count). The maximum atomic E-state index is 13.1. The smallest absolute Gasteiger partial charge is 0.242 e. The summed E-state index contributed by atoms with van der Waals surface area (Å²) in [7, 11) is 0. The molecule has 1 N–H and O–H groups in total. The molecule has 166 valence electrons. The first-order valence-electron chi connectivity index (χ1n) is 11.1. The summed E-state index contributed by atoms with van der Waals surface area (Å²) in [6.07, 6.45) is 1.04. The molecule has 2 aromatic carbocycles. The number of ether oxygens (including phenoxy) is 1. The quantitative estimate of drug-likeness (QED) is 0.638. The fraction of sp³-hybridized carbons (Fsp3) is 0.440. The number of benzene rings is 2. The maximum Gasteiger partial charge on any atom is 0.242 e. The topological polar surface area (TPSA) is 61.9 Å². The van der Waals surface area contributed by atoms with Gasteiger partial charge in [-0.25, -0.2) is 0 Å². The molecule has 1 heterocycles. The summed E-state index contributed by atoms with van der Waals surface area (Å²) < 4.78 is 5.36. The van der Waals surface area contributed by atoms with Gasteiger partial charge < -0.3 is 15.0 Å². The highest BCUT2D eigenvalue weighted by molar-refractivity contribution is 5.87. The molecule has 2 amide bonds. The van der Waals surface area contributed by atoms with Crippen molar-refractivity contribution in [1.29, 1.82) is 0 Å². The second-order valence-electron chi connectivity index (χ2n) is 7.91. The van der Waals surface area contributed by atoms with Crippen LogP contribution in [-0.2, 0) is 27.3 Å². The number of nitrogens with one attached hydrogen (secondary N) is 1. The summed E-state index contributed by atoms with van der Waals surface area (Å²) in [6.45, 7) is 6.87. The highest BCUT2D eigenvalue weighted by Gasteiger charge is 2.26. The van der Waals surface area contributed by atoms with E-state index in [4.69, 9.17) is 4.74 Å². The van der Waals surface area contributed by atoms with Gasteiger partial charge in [0.2, 0.25) is 11.8 Å². The van der Waals surface area contributed by atoms with Gasteiger partial charge in [-0.1, -0.05) is 60.7 Å². The molecule has 0 bridgehead atoms. The molecule has 0 spiro atoms. The normalized spacial score (nSPS) is 15.3. The number of hydrogen-bond donors (Lipinski definition) is 1. The third-order valence-electron chi connectivity index (χ3n) is 5.66. The number of carbonyl (C=O) groups excluding carboxylic acids is 2. The molecule has 0 unspecified atom stereocenters. The molecular weight excluding hydrogens is 390 g/mol. The van der Waals surface area contributed by atoms with Gasteiger partial charge in [-0.15, -0.1) is 0 Å². The second-order valence-corrected chi connectivity index (χ2v) is 7.91. The van der Waals surface area contributed by atoms with E-state index >= 15 is 0 Å². The van der Waals surface area contributed by atoms with E-state index in [9.17, 15) is 9.59 Å². The minimum atomic E-state index is -0.534. The average molecular weight is 424 g/mol. The third kappa shape index (κ3) is 7.49. The van der Waals surface area contributed by atoms with Crippen molar-refractivity contribution in [3.8, 4) is 0 Å². The van der Waals surface area contributed by atoms with Gasteiger partial charge in [0, 0.05) is 39.1 Å². The first-order chi connectivity index (χ1) is 15.1. The molecule has 0 radical (unpaired) electrons. The van der Waals surface area contributed by atoms with Gasteiger partial charge in [-0.2, -0.15) is 0 Å². The van der Waals surface area contributed by atoms with Crippen LogP contribution in [-0.4, -0.2) is 67.0 Å². The molecule has 0 saturated carbocycles. The Kier molecular flexibility index (Phi) is 9.06. The summed E-state index contributed by atoms with van der Waals surface area (Å²) in [6, 6.07) is 19.3. The van der Waals surface area contributed by atoms with Crippen LogP contribution < -0.4 is 5.32 Å². The molecule has 1 aliphatic rings. The molecule has 1 aliphatic heterocycles. The Balaban J connectivity index is 1.58. The summed E-state index contributed by atoms with van der Waals surface area (Å²) in [4.78, 5) is 29.9. The van der Waals surface area contributed by atoms with Gasteiger partial charge in [0.25, 0.3) is 0 Å². The number of morpholine rings is 1. The lowest BCUT2D eigenvalue weighted by atomic mass is 10.1. The molecule has 1 fully saturated rings. The lowest BCUT2D eigenvalue weighted by Gasteiger charge is -2.30. The van der Waals surface area contributed by atoms with E-state index in [0.717, 1.165) is 44.0 Å². The van der Waals surface area contributed by atoms with E-state index in [1.165, 1.54) is 0 Å². The van der Waals surface area contributed by atoms with E-state index in [-0.39, 0.29) is 11.8 Å². The van der Waals surface area contributed by atoms with Crippen LogP contribution in [0.5, 0.6) is 0 Å². The van der Waals surface area contributed by atoms with Gasteiger partial charge in [-0.3, -0.25) is 14.5 Å². The molecule has 1 atom stereocenters. The van der Waals surface area contributed by atoms with Crippen molar-refractivity contribution >= 4 is 11.8 Å². The van der Waals surface area contributed by atoms with Crippen molar-refractivity contribution in [2.45, 2.75) is 32.4 Å². The number of amides is 2. The van der Waals surface area contributed by atoms with Crippen molar-refractivity contribution in [3.63, 3.8) is 0 Å². The minimum absolute atomic E-state index is 0.0106. The van der Waals surface area contributed by atoms with E-state index in [1.54, 1.807) is 4.90 Å². The minimum Gasteiger partial charge on any atom is -0.379 e. The third-order valence-corrected chi connectivity index (χ3v) is 5.66. The van der Waals surface area contributed by atoms with E-state index in [2.05, 4.69) is 10.2 Å². The second kappa shape index (κ2) is 12.2. The number of rotatable bonds is 10. The molecular formula is C25H33N3O3. The first kappa shape index (κ1) is 23.0. The number of carbonyl (C=O) groups is 2. The van der Waals surface area contributed by atoms with E-state index < -0.39 is 6.04 Å². The van der Waals surface area contributed by atoms with E-state index in [0.29, 0.717) is 25.9 Å². The van der Waals surface area contributed by atoms with Crippen molar-refractivity contribution in [2.75, 3.05) is 39.4 Å². The Morgan fingerprint density at radius 1 is 1.00 bits per heavy atom. The van der Waals surface area contributed by atoms with Crippen molar-refractivity contribution in [1.82, 2.24) is 15.1 Å². The highest BCUT2D eigenvalue weighted by Crippen LogP contribution is 2.13. The fourth-order valence-electron chi connectivity index (χ4n) is 3.71. The predicted octanol–water partition coefficient (Wildman–Crippen LogP) is 2.48. The van der Waals surface area contributed by atoms with Crippen LogP contribution in [0.3, 0.4) is 0 Å². The standard InChI is InChI=1S/C25H33N3O3/c1-21(25(30)26-14-15-27-16-18-31-19-17-27)28(20-23-10-6-3-7-11-23)24(29)13-12-22-8-4-2-5-9-22/h2-11,21H,12-20H2,1H3,(H,26,30)/t21-/m1/s1. The predicted molar refractivity (Wildman–Crippen MR) is 121 cm³/mol. The van der Waals surface area contributed by atoms with Crippen molar-refractivity contribution in [2.24, 2.45) is 0 Å². The van der Waals surface area contributed by atoms with Crippen molar-refractivity contribution in [3.05, 3.63) is 71.8 Å². The van der Waals surface area contributed by atoms with Gasteiger partial charge in [0.1, 0.15) is 6.04 Å². The van der Waals surface area contributed by atoms with Crippen LogP contribution in [0.25, 0.3) is 0 Å². The summed E-state index contributed by atoms with van der Waals surface area (Å²) in [5.41, 5.74) is 2.14. The summed E-state index contributed by atoms with van der Waals surface area (Å²) in [5.74, 6) is -0.124. The Labute approximate surface area is 185 Å². The summed E-state index contributed by atoms with van der Waals surface area (Å²) >= 11 is 0. The van der Waals surface area contributed by atoms with Gasteiger partial charge in [-0.05, 0) is 24.5 Å². The molecule has 6 heteroatoms. The number of aryl methyl sites for hydroxylation is 1. The molecule has 1 saturated heterocycles. The van der Waals surface area contributed by atoms with Gasteiger partial charge in [0.15, 0.2) is 0 Å². The average Bonchev–Trinajstić information content (AvgIpc) is 2.82. The molecule has 6 nitrogen and oxygen atoms in total. The van der Waals surface area contributed by atoms with Crippen LogP contribution in [0.15, 0.2) is 60.7 Å². The Morgan fingerprint density at radius 3 is 2.26 bits per heavy atom. The van der Waals surface area contributed by atoms with Gasteiger partial charge >= 0.3 is 0 Å². The van der Waals surface area contributed by atoms with Crippen LogP contribution in [0.2, 0.25) is 0 Å². The largest absolute Gasteiger partial charge is 0.379 e. The van der Waals surface area contributed by atoms with Gasteiger partial charge in [0.05, 0.1) is 13.2 Å². The summed E-state index contributed by atoms with van der Waals surface area (Å²) in [5, 5.41) is 3.01. The van der Waals surface area contributed by atoms with E-state index in [1.807, 2.05) is 67.6 Å². The molecule has 0 aromatic heterocycles. The van der Waals surface area contributed by atoms with Crippen molar-refractivity contribution < 1.29 is 14.3 Å². The number of hydrogen-bond acceptors (Lipinski definition) is 4. The fourth-order valence-corrected chi connectivity index (χ4v) is 3.71. The van der Waals surface area contributed by atoms with Crippen LogP contribution >= 0.6 is 0 Å². The maximum absolute atomic E-state index is 13.1. The Bertz CT molecular complexity index is 807. The molecule has 0 aliphatic carbocycles. The lowest BCUT2D eigenvalue weighted by molar-refractivity contribution is -0.140. The Morgan fingerprint density at radius 2 is 1.61 bits per heavy atom. The van der Waals surface area contributed by atoms with Crippen LogP contribution in [0.1, 0.15) is 24.5 Å².